The molecule has 3 N–H and O–H groups in total. The van der Waals surface area contributed by atoms with Crippen LogP contribution in [0.5, 0.6) is 5.75 Å². The van der Waals surface area contributed by atoms with Crippen molar-refractivity contribution in [3.63, 3.8) is 0 Å². The number of nitrogens with two attached hydrogens (primary N) is 1. The van der Waals surface area contributed by atoms with E-state index in [1.54, 1.807) is 0 Å². The highest BCUT2D eigenvalue weighted by Gasteiger charge is 2.17. The first-order chi connectivity index (χ1) is 10.0. The molecule has 5 nitrogen and oxygen atoms in total. The van der Waals surface area contributed by atoms with Gasteiger partial charge in [-0.15, -0.1) is 0 Å². The number of aryl methyl sites for hydroxylation is 2. The number of hydrogen-bond acceptors (Lipinski definition) is 5. The molecule has 0 amide bonds. The van der Waals surface area contributed by atoms with Gasteiger partial charge in [0, 0.05) is 0 Å². The molecule has 1 aromatic carbocycles. The van der Waals surface area contributed by atoms with Gasteiger partial charge in [0.1, 0.15) is 5.75 Å². The summed E-state index contributed by atoms with van der Waals surface area (Å²) in [6.45, 7) is 7.86. The molecule has 1 heterocycles. The van der Waals surface area contributed by atoms with E-state index < -0.39 is 0 Å². The molecular weight excluding hydrogens is 264 g/mol. The van der Waals surface area contributed by atoms with E-state index in [2.05, 4.69) is 15.6 Å². The summed E-state index contributed by atoms with van der Waals surface area (Å²) in [5.41, 5.74) is 6.64. The molecule has 21 heavy (non-hydrogen) atoms. The maximum Gasteiger partial charge on any atom is 0.120 e. The Hall–Kier alpha value is -1.98. The first-order valence-corrected chi connectivity index (χ1v) is 7.05. The van der Waals surface area contributed by atoms with Crippen LogP contribution in [0.15, 0.2) is 30.3 Å². The van der Waals surface area contributed by atoms with E-state index >= 15 is 0 Å². The third kappa shape index (κ3) is 3.77. The monoisotopic (exact) mass is 286 g/mol. The lowest BCUT2D eigenvalue weighted by Crippen LogP contribution is -2.29. The third-order valence-electron chi connectivity index (χ3n) is 3.18. The molecule has 1 unspecified atom stereocenters. The minimum Gasteiger partial charge on any atom is -0.491 e. The number of aromatic nitrogens is 2. The lowest BCUT2D eigenvalue weighted by atomic mass is 9.98. The predicted octanol–water partition coefficient (Wildman–Crippen LogP) is 2.43. The minimum atomic E-state index is -0.144. The van der Waals surface area contributed by atoms with E-state index in [-0.39, 0.29) is 12.1 Å². The maximum atomic E-state index is 5.77. The quantitative estimate of drug-likeness (QED) is 0.652. The van der Waals surface area contributed by atoms with Crippen molar-refractivity contribution in [1.82, 2.24) is 15.6 Å². The molecule has 2 aromatic rings. The van der Waals surface area contributed by atoms with Crippen LogP contribution < -0.4 is 16.0 Å². The summed E-state index contributed by atoms with van der Waals surface area (Å²) in [7, 11) is 0. The van der Waals surface area contributed by atoms with Gasteiger partial charge in [0.15, 0.2) is 0 Å². The average molecular weight is 286 g/mol. The Morgan fingerprint density at radius 3 is 2.57 bits per heavy atom. The van der Waals surface area contributed by atoms with Crippen LogP contribution in [0.1, 0.15) is 42.4 Å². The van der Waals surface area contributed by atoms with Crippen molar-refractivity contribution in [2.45, 2.75) is 39.8 Å². The number of rotatable bonds is 5. The van der Waals surface area contributed by atoms with Crippen LogP contribution in [0.2, 0.25) is 0 Å². The molecule has 0 saturated carbocycles. The molecule has 0 spiro atoms. The van der Waals surface area contributed by atoms with E-state index in [4.69, 9.17) is 10.6 Å². The van der Waals surface area contributed by atoms with Gasteiger partial charge < -0.3 is 4.74 Å². The Labute approximate surface area is 125 Å². The van der Waals surface area contributed by atoms with Crippen LogP contribution in [0.3, 0.4) is 0 Å². The summed E-state index contributed by atoms with van der Waals surface area (Å²) in [4.78, 5) is 0. The van der Waals surface area contributed by atoms with Crippen molar-refractivity contribution in [3.05, 3.63) is 52.8 Å². The first-order valence-electron chi connectivity index (χ1n) is 7.05. The molecule has 0 radical (unpaired) electrons. The topological polar surface area (TPSA) is 73.1 Å². The Balaban J connectivity index is 2.39. The fourth-order valence-corrected chi connectivity index (χ4v) is 2.27. The molecule has 112 valence electrons. The molecule has 1 aromatic heterocycles. The Morgan fingerprint density at radius 2 is 1.90 bits per heavy atom. The summed E-state index contributed by atoms with van der Waals surface area (Å²) < 4.78 is 5.74. The highest BCUT2D eigenvalue weighted by molar-refractivity contribution is 5.38. The van der Waals surface area contributed by atoms with Crippen LogP contribution in [0.4, 0.5) is 0 Å². The van der Waals surface area contributed by atoms with Crippen molar-refractivity contribution in [1.29, 1.82) is 0 Å². The van der Waals surface area contributed by atoms with Crippen molar-refractivity contribution in [3.8, 4) is 5.75 Å². The van der Waals surface area contributed by atoms with Crippen molar-refractivity contribution in [2.24, 2.45) is 5.84 Å². The predicted molar refractivity (Wildman–Crippen MR) is 82.9 cm³/mol. The van der Waals surface area contributed by atoms with E-state index in [1.165, 1.54) is 0 Å². The maximum absolute atomic E-state index is 5.77. The highest BCUT2D eigenvalue weighted by Crippen LogP contribution is 2.26. The van der Waals surface area contributed by atoms with Crippen LogP contribution in [-0.4, -0.2) is 16.3 Å². The number of ether oxygens (including phenoxy) is 1. The van der Waals surface area contributed by atoms with E-state index in [0.717, 1.165) is 28.3 Å². The van der Waals surface area contributed by atoms with Crippen LogP contribution in [0, 0.1) is 13.8 Å². The number of hydrogen-bond donors (Lipinski definition) is 2. The van der Waals surface area contributed by atoms with Gasteiger partial charge in [-0.3, -0.25) is 5.84 Å². The van der Waals surface area contributed by atoms with Gasteiger partial charge in [-0.05, 0) is 57.0 Å². The minimum absolute atomic E-state index is 0.135. The third-order valence-corrected chi connectivity index (χ3v) is 3.18. The van der Waals surface area contributed by atoms with Gasteiger partial charge in [-0.1, -0.05) is 12.1 Å². The standard InChI is InChI=1S/C16H22N4O/c1-10(2)21-14-7-5-6-13(9-14)16(18-17)15-8-11(3)19-20-12(15)4/h5-10,16,18H,17H2,1-4H3. The summed E-state index contributed by atoms with van der Waals surface area (Å²) in [5, 5.41) is 8.23. The largest absolute Gasteiger partial charge is 0.491 e. The molecule has 0 bridgehead atoms. The van der Waals surface area contributed by atoms with Crippen molar-refractivity contribution >= 4 is 0 Å². The molecule has 0 aliphatic rings. The number of nitrogens with one attached hydrogen (secondary N) is 1. The summed E-state index contributed by atoms with van der Waals surface area (Å²) >= 11 is 0. The van der Waals surface area contributed by atoms with Crippen LogP contribution in [0.25, 0.3) is 0 Å². The zero-order chi connectivity index (χ0) is 15.4. The summed E-state index contributed by atoms with van der Waals surface area (Å²) in [6.07, 6.45) is 0.135. The molecule has 2 rings (SSSR count). The average Bonchev–Trinajstić information content (AvgIpc) is 2.43. The van der Waals surface area contributed by atoms with Gasteiger partial charge in [-0.2, -0.15) is 10.2 Å². The van der Waals surface area contributed by atoms with Crippen molar-refractivity contribution < 1.29 is 4.74 Å². The van der Waals surface area contributed by atoms with E-state index in [9.17, 15) is 0 Å². The second-order valence-electron chi connectivity index (χ2n) is 5.37. The van der Waals surface area contributed by atoms with Crippen LogP contribution in [-0.2, 0) is 0 Å². The van der Waals surface area contributed by atoms with Gasteiger partial charge in [0.25, 0.3) is 0 Å². The Kier molecular flexibility index (Phi) is 4.88. The molecule has 5 heteroatoms. The molecule has 0 aliphatic carbocycles. The zero-order valence-electron chi connectivity index (χ0n) is 12.9. The van der Waals surface area contributed by atoms with E-state index in [0.29, 0.717) is 0 Å². The fraction of sp³-hybridized carbons (Fsp3) is 0.375. The normalized spacial score (nSPS) is 12.5. The number of benzene rings is 1. The lowest BCUT2D eigenvalue weighted by molar-refractivity contribution is 0.242. The first kappa shape index (κ1) is 15.4. The molecule has 0 fully saturated rings. The smallest absolute Gasteiger partial charge is 0.120 e. The summed E-state index contributed by atoms with van der Waals surface area (Å²) in [5.74, 6) is 6.60. The highest BCUT2D eigenvalue weighted by atomic mass is 16.5. The number of nitrogens with zero attached hydrogens (tertiary/aromatic N) is 2. The Bertz CT molecular complexity index is 613. The Morgan fingerprint density at radius 1 is 1.14 bits per heavy atom. The zero-order valence-corrected chi connectivity index (χ0v) is 12.9. The second kappa shape index (κ2) is 6.65. The summed E-state index contributed by atoms with van der Waals surface area (Å²) in [6, 6.07) is 9.79. The lowest BCUT2D eigenvalue weighted by Gasteiger charge is -2.20. The van der Waals surface area contributed by atoms with Gasteiger partial charge in [0.2, 0.25) is 0 Å². The fourth-order valence-electron chi connectivity index (χ4n) is 2.27. The van der Waals surface area contributed by atoms with Gasteiger partial charge >= 0.3 is 0 Å². The SMILES string of the molecule is Cc1cc(C(NN)c2cccc(OC(C)C)c2)c(C)nn1. The van der Waals surface area contributed by atoms with Gasteiger partial charge in [-0.25, -0.2) is 5.43 Å². The van der Waals surface area contributed by atoms with Gasteiger partial charge in [0.05, 0.1) is 23.5 Å². The molecule has 1 atom stereocenters. The molecule has 0 saturated heterocycles. The van der Waals surface area contributed by atoms with Crippen LogP contribution >= 0.6 is 0 Å². The van der Waals surface area contributed by atoms with Crippen molar-refractivity contribution in [2.75, 3.05) is 0 Å². The molecular formula is C16H22N4O. The molecule has 0 aliphatic heterocycles. The van der Waals surface area contributed by atoms with E-state index in [1.807, 2.05) is 58.0 Å². The second-order valence-corrected chi connectivity index (χ2v) is 5.37. The number of hydrazine groups is 1.